The van der Waals surface area contributed by atoms with Crippen molar-refractivity contribution in [3.8, 4) is 0 Å². The van der Waals surface area contributed by atoms with E-state index in [2.05, 4.69) is 12.1 Å². The van der Waals surface area contributed by atoms with Gasteiger partial charge in [0.25, 0.3) is 0 Å². The molecule has 68 valence electrons. The summed E-state index contributed by atoms with van der Waals surface area (Å²) < 4.78 is 5.43. The summed E-state index contributed by atoms with van der Waals surface area (Å²) in [5.41, 5.74) is 1.24. The summed E-state index contributed by atoms with van der Waals surface area (Å²) in [5.74, 6) is 0. The number of hydrogen-bond donors (Lipinski definition) is 0. The largest absolute Gasteiger partial charge is 0.374 e. The SMILES string of the molecule is C.CC(C)OCc1ccccc1. The second-order valence-corrected chi connectivity index (χ2v) is 2.85. The second kappa shape index (κ2) is 5.78. The highest BCUT2D eigenvalue weighted by atomic mass is 16.5. The lowest BCUT2D eigenvalue weighted by atomic mass is 10.2. The predicted molar refractivity (Wildman–Crippen MR) is 53.1 cm³/mol. The second-order valence-electron chi connectivity index (χ2n) is 2.85. The van der Waals surface area contributed by atoms with Crippen LogP contribution in [0, 0.1) is 0 Å². The Morgan fingerprint density at radius 1 is 1.17 bits per heavy atom. The van der Waals surface area contributed by atoms with Crippen LogP contribution in [0.3, 0.4) is 0 Å². The van der Waals surface area contributed by atoms with Gasteiger partial charge in [-0.15, -0.1) is 0 Å². The molecule has 1 nitrogen and oxygen atoms in total. The van der Waals surface area contributed by atoms with E-state index < -0.39 is 0 Å². The standard InChI is InChI=1S/C10H14O.CH4/c1-9(2)11-8-10-6-4-3-5-7-10;/h3-7,9H,8H2,1-2H3;1H4. The molecule has 0 aliphatic carbocycles. The van der Waals surface area contributed by atoms with Crippen LogP contribution in [0.2, 0.25) is 0 Å². The van der Waals surface area contributed by atoms with E-state index in [9.17, 15) is 0 Å². The Morgan fingerprint density at radius 3 is 2.25 bits per heavy atom. The van der Waals surface area contributed by atoms with Crippen molar-refractivity contribution in [2.45, 2.75) is 34.0 Å². The minimum Gasteiger partial charge on any atom is -0.374 e. The Kier molecular flexibility index (Phi) is 5.39. The van der Waals surface area contributed by atoms with Gasteiger partial charge >= 0.3 is 0 Å². The molecule has 0 saturated heterocycles. The first-order chi connectivity index (χ1) is 5.29. The lowest BCUT2D eigenvalue weighted by Gasteiger charge is -2.06. The van der Waals surface area contributed by atoms with Gasteiger partial charge in [-0.25, -0.2) is 0 Å². The van der Waals surface area contributed by atoms with Crippen LogP contribution in [0.4, 0.5) is 0 Å². The van der Waals surface area contributed by atoms with Crippen molar-refractivity contribution in [2.75, 3.05) is 0 Å². The van der Waals surface area contributed by atoms with Gasteiger partial charge in [0.1, 0.15) is 0 Å². The number of hydrogen-bond acceptors (Lipinski definition) is 1. The number of benzene rings is 1. The van der Waals surface area contributed by atoms with Crippen LogP contribution in [-0.2, 0) is 11.3 Å². The molecular weight excluding hydrogens is 148 g/mol. The van der Waals surface area contributed by atoms with Gasteiger partial charge < -0.3 is 4.74 Å². The van der Waals surface area contributed by atoms with Gasteiger partial charge in [-0.1, -0.05) is 37.8 Å². The third kappa shape index (κ3) is 4.14. The summed E-state index contributed by atoms with van der Waals surface area (Å²) in [5, 5.41) is 0. The van der Waals surface area contributed by atoms with Crippen LogP contribution in [0.5, 0.6) is 0 Å². The van der Waals surface area contributed by atoms with Gasteiger partial charge in [-0.05, 0) is 19.4 Å². The fourth-order valence-corrected chi connectivity index (χ4v) is 0.837. The molecule has 0 bridgehead atoms. The average Bonchev–Trinajstić information content (AvgIpc) is 2.03. The molecular formula is C11H18O. The van der Waals surface area contributed by atoms with Crippen LogP contribution in [0.15, 0.2) is 30.3 Å². The summed E-state index contributed by atoms with van der Waals surface area (Å²) in [4.78, 5) is 0. The predicted octanol–water partition coefficient (Wildman–Crippen LogP) is 3.25. The smallest absolute Gasteiger partial charge is 0.0720 e. The van der Waals surface area contributed by atoms with E-state index in [4.69, 9.17) is 4.74 Å². The van der Waals surface area contributed by atoms with Crippen molar-refractivity contribution in [3.05, 3.63) is 35.9 Å². The van der Waals surface area contributed by atoms with Crippen LogP contribution in [0.1, 0.15) is 26.8 Å². The maximum Gasteiger partial charge on any atom is 0.0720 e. The fourth-order valence-electron chi connectivity index (χ4n) is 0.837. The summed E-state index contributed by atoms with van der Waals surface area (Å²) in [6, 6.07) is 10.2. The van der Waals surface area contributed by atoms with Gasteiger partial charge in [0.05, 0.1) is 12.7 Å². The lowest BCUT2D eigenvalue weighted by molar-refractivity contribution is 0.0657. The molecule has 0 spiro atoms. The van der Waals surface area contributed by atoms with Gasteiger partial charge in [0, 0.05) is 0 Å². The van der Waals surface area contributed by atoms with Crippen molar-refractivity contribution in [2.24, 2.45) is 0 Å². The topological polar surface area (TPSA) is 9.23 Å². The molecule has 0 N–H and O–H groups in total. The van der Waals surface area contributed by atoms with Crippen LogP contribution in [0.25, 0.3) is 0 Å². The summed E-state index contributed by atoms with van der Waals surface area (Å²) in [6.07, 6.45) is 0.315. The normalized spacial score (nSPS) is 9.58. The highest BCUT2D eigenvalue weighted by Gasteiger charge is 1.93. The summed E-state index contributed by atoms with van der Waals surface area (Å²) >= 11 is 0. The third-order valence-corrected chi connectivity index (χ3v) is 1.43. The molecule has 0 radical (unpaired) electrons. The number of ether oxygens (including phenoxy) is 1. The third-order valence-electron chi connectivity index (χ3n) is 1.43. The van der Waals surface area contributed by atoms with E-state index in [1.54, 1.807) is 0 Å². The first-order valence-electron chi connectivity index (χ1n) is 3.94. The molecule has 0 unspecified atom stereocenters. The molecule has 1 aromatic rings. The Labute approximate surface area is 75.4 Å². The molecule has 0 amide bonds. The highest BCUT2D eigenvalue weighted by Crippen LogP contribution is 2.02. The zero-order valence-corrected chi connectivity index (χ0v) is 7.08. The molecule has 0 heterocycles. The monoisotopic (exact) mass is 166 g/mol. The molecule has 0 atom stereocenters. The van der Waals surface area contributed by atoms with Gasteiger partial charge in [-0.3, -0.25) is 0 Å². The molecule has 1 rings (SSSR count). The van der Waals surface area contributed by atoms with Gasteiger partial charge in [0.2, 0.25) is 0 Å². The maximum absolute atomic E-state index is 5.43. The zero-order chi connectivity index (χ0) is 8.10. The maximum atomic E-state index is 5.43. The summed E-state index contributed by atoms with van der Waals surface area (Å²) in [7, 11) is 0. The minimum atomic E-state index is 0. The molecule has 0 saturated carbocycles. The molecule has 0 aliphatic rings. The Morgan fingerprint density at radius 2 is 1.75 bits per heavy atom. The molecule has 0 aromatic heterocycles. The van der Waals surface area contributed by atoms with Crippen molar-refractivity contribution in [1.82, 2.24) is 0 Å². The van der Waals surface area contributed by atoms with Crippen molar-refractivity contribution >= 4 is 0 Å². The van der Waals surface area contributed by atoms with Crippen molar-refractivity contribution in [3.63, 3.8) is 0 Å². The minimum absolute atomic E-state index is 0. The molecule has 1 heteroatoms. The molecule has 0 aliphatic heterocycles. The molecule has 12 heavy (non-hydrogen) atoms. The fraction of sp³-hybridized carbons (Fsp3) is 0.455. The Balaban J connectivity index is 0.00000121. The first-order valence-corrected chi connectivity index (χ1v) is 3.94. The van der Waals surface area contributed by atoms with Gasteiger partial charge in [0.15, 0.2) is 0 Å². The van der Waals surface area contributed by atoms with E-state index in [1.807, 2.05) is 32.0 Å². The quantitative estimate of drug-likeness (QED) is 0.669. The molecule has 1 aromatic carbocycles. The Bertz CT molecular complexity index is 191. The summed E-state index contributed by atoms with van der Waals surface area (Å²) in [6.45, 7) is 4.81. The first kappa shape index (κ1) is 11.2. The van der Waals surface area contributed by atoms with Crippen molar-refractivity contribution < 1.29 is 4.74 Å². The van der Waals surface area contributed by atoms with Crippen LogP contribution < -0.4 is 0 Å². The van der Waals surface area contributed by atoms with E-state index in [-0.39, 0.29) is 7.43 Å². The van der Waals surface area contributed by atoms with E-state index >= 15 is 0 Å². The highest BCUT2D eigenvalue weighted by molar-refractivity contribution is 5.13. The molecule has 0 fully saturated rings. The Hall–Kier alpha value is -0.820. The number of rotatable bonds is 3. The van der Waals surface area contributed by atoms with Crippen LogP contribution in [-0.4, -0.2) is 6.10 Å². The van der Waals surface area contributed by atoms with Crippen LogP contribution >= 0.6 is 0 Å². The van der Waals surface area contributed by atoms with E-state index in [0.29, 0.717) is 6.10 Å². The van der Waals surface area contributed by atoms with Gasteiger partial charge in [-0.2, -0.15) is 0 Å². The van der Waals surface area contributed by atoms with E-state index in [0.717, 1.165) is 6.61 Å². The van der Waals surface area contributed by atoms with E-state index in [1.165, 1.54) is 5.56 Å². The average molecular weight is 166 g/mol. The zero-order valence-electron chi connectivity index (χ0n) is 7.08. The van der Waals surface area contributed by atoms with Crippen molar-refractivity contribution in [1.29, 1.82) is 0 Å². The lowest BCUT2D eigenvalue weighted by Crippen LogP contribution is -2.01.